The van der Waals surface area contributed by atoms with Crippen LogP contribution in [0, 0.1) is 6.92 Å². The number of hydrogen-bond donors (Lipinski definition) is 0. The van der Waals surface area contributed by atoms with E-state index in [0.717, 1.165) is 5.69 Å². The standard InChI is InChI=1S/C21H21NS2/c1-14-9-11-16(18-12-10-15(13-22-18)24(2,3)4)21-20(14)17-7-5-6-8-19(17)23-21/h5-13H,1-4H3. The molecular weight excluding hydrogens is 330 g/mol. The van der Waals surface area contributed by atoms with Gasteiger partial charge in [0.05, 0.1) is 5.69 Å². The summed E-state index contributed by atoms with van der Waals surface area (Å²) in [6.45, 7) is 2.20. The van der Waals surface area contributed by atoms with Crippen molar-refractivity contribution in [1.29, 1.82) is 0 Å². The zero-order valence-corrected chi connectivity index (χ0v) is 16.1. The fraction of sp³-hybridized carbons (Fsp3) is 0.190. The van der Waals surface area contributed by atoms with Crippen molar-refractivity contribution in [2.75, 3.05) is 18.8 Å². The van der Waals surface area contributed by atoms with Crippen molar-refractivity contribution in [1.82, 2.24) is 4.98 Å². The largest absolute Gasteiger partial charge is 0.255 e. The molecule has 0 aliphatic heterocycles. The van der Waals surface area contributed by atoms with Crippen LogP contribution in [-0.4, -0.2) is 23.8 Å². The van der Waals surface area contributed by atoms with E-state index in [-0.39, 0.29) is 0 Å². The first-order valence-electron chi connectivity index (χ1n) is 8.01. The maximum absolute atomic E-state index is 4.79. The molecular formula is C21H21NS2. The monoisotopic (exact) mass is 351 g/mol. The Kier molecular flexibility index (Phi) is 3.66. The number of nitrogens with zero attached hydrogens (tertiary/aromatic N) is 1. The van der Waals surface area contributed by atoms with Crippen molar-refractivity contribution < 1.29 is 0 Å². The van der Waals surface area contributed by atoms with Gasteiger partial charge in [0, 0.05) is 36.8 Å². The third-order valence-electron chi connectivity index (χ3n) is 4.45. The molecule has 0 unspecified atom stereocenters. The Balaban J connectivity index is 1.96. The molecule has 0 aliphatic rings. The van der Waals surface area contributed by atoms with Gasteiger partial charge in [-0.05, 0) is 49.5 Å². The average molecular weight is 352 g/mol. The van der Waals surface area contributed by atoms with Crippen LogP contribution in [0.3, 0.4) is 0 Å². The van der Waals surface area contributed by atoms with Gasteiger partial charge in [-0.3, -0.25) is 4.98 Å². The van der Waals surface area contributed by atoms with Gasteiger partial charge in [-0.2, -0.15) is 0 Å². The summed E-state index contributed by atoms with van der Waals surface area (Å²) in [6.07, 6.45) is 8.98. The molecule has 122 valence electrons. The van der Waals surface area contributed by atoms with Crippen molar-refractivity contribution in [2.24, 2.45) is 0 Å². The molecule has 2 aromatic heterocycles. The van der Waals surface area contributed by atoms with E-state index in [9.17, 15) is 0 Å². The summed E-state index contributed by atoms with van der Waals surface area (Å²) in [4.78, 5) is 6.15. The van der Waals surface area contributed by atoms with Gasteiger partial charge in [0.15, 0.2) is 0 Å². The lowest BCUT2D eigenvalue weighted by molar-refractivity contribution is 1.24. The molecule has 2 aromatic carbocycles. The third-order valence-corrected chi connectivity index (χ3v) is 7.31. The van der Waals surface area contributed by atoms with Gasteiger partial charge in [0.25, 0.3) is 0 Å². The predicted molar refractivity (Wildman–Crippen MR) is 111 cm³/mol. The SMILES string of the molecule is Cc1ccc(-c2ccc(S(C)(C)C)cn2)c2sc3ccccc3c12. The molecule has 0 saturated heterocycles. The fourth-order valence-electron chi connectivity index (χ4n) is 3.10. The van der Waals surface area contributed by atoms with Crippen molar-refractivity contribution in [3.8, 4) is 11.3 Å². The minimum atomic E-state index is -0.731. The number of rotatable bonds is 2. The first-order valence-corrected chi connectivity index (χ1v) is 11.7. The Morgan fingerprint density at radius 2 is 1.71 bits per heavy atom. The van der Waals surface area contributed by atoms with Crippen LogP contribution >= 0.6 is 21.4 Å². The van der Waals surface area contributed by atoms with Crippen LogP contribution in [0.25, 0.3) is 31.4 Å². The smallest absolute Gasteiger partial charge is 0.0717 e. The molecule has 0 aliphatic carbocycles. The van der Waals surface area contributed by atoms with E-state index < -0.39 is 10.0 Å². The van der Waals surface area contributed by atoms with E-state index >= 15 is 0 Å². The van der Waals surface area contributed by atoms with E-state index in [4.69, 9.17) is 4.98 Å². The second kappa shape index (κ2) is 5.61. The number of fused-ring (bicyclic) bond motifs is 3. The summed E-state index contributed by atoms with van der Waals surface area (Å²) in [5, 5.41) is 2.73. The van der Waals surface area contributed by atoms with Crippen LogP contribution in [0.15, 0.2) is 59.6 Å². The van der Waals surface area contributed by atoms with Gasteiger partial charge in [-0.25, -0.2) is 10.0 Å². The first kappa shape index (κ1) is 15.7. The van der Waals surface area contributed by atoms with Gasteiger partial charge in [0.2, 0.25) is 0 Å². The lowest BCUT2D eigenvalue weighted by Gasteiger charge is -2.25. The average Bonchev–Trinajstić information content (AvgIpc) is 2.95. The zero-order valence-electron chi connectivity index (χ0n) is 14.5. The summed E-state index contributed by atoms with van der Waals surface area (Å²) in [7, 11) is -0.731. The molecule has 4 aromatic rings. The van der Waals surface area contributed by atoms with Crippen LogP contribution in [-0.2, 0) is 0 Å². The first-order chi connectivity index (χ1) is 11.4. The number of benzene rings is 2. The molecule has 0 N–H and O–H groups in total. The highest BCUT2D eigenvalue weighted by Gasteiger charge is 2.14. The number of thiophene rings is 1. The second-order valence-corrected chi connectivity index (χ2v) is 12.1. The maximum atomic E-state index is 4.79. The molecule has 0 radical (unpaired) electrons. The zero-order chi connectivity index (χ0) is 16.9. The van der Waals surface area contributed by atoms with Crippen LogP contribution < -0.4 is 0 Å². The summed E-state index contributed by atoms with van der Waals surface area (Å²) in [5.41, 5.74) is 3.65. The molecule has 2 heterocycles. The summed E-state index contributed by atoms with van der Waals surface area (Å²) >= 11 is 1.87. The van der Waals surface area contributed by atoms with Crippen LogP contribution in [0.5, 0.6) is 0 Å². The summed E-state index contributed by atoms with van der Waals surface area (Å²) < 4.78 is 2.69. The van der Waals surface area contributed by atoms with Crippen LogP contribution in [0.1, 0.15) is 5.56 Å². The minimum Gasteiger partial charge on any atom is -0.255 e. The number of aryl methyl sites for hydroxylation is 1. The summed E-state index contributed by atoms with van der Waals surface area (Å²) in [5.74, 6) is 0. The van der Waals surface area contributed by atoms with Gasteiger partial charge in [0.1, 0.15) is 0 Å². The van der Waals surface area contributed by atoms with Crippen molar-refractivity contribution in [2.45, 2.75) is 11.8 Å². The molecule has 0 spiro atoms. The van der Waals surface area contributed by atoms with E-state index in [1.54, 1.807) is 0 Å². The predicted octanol–water partition coefficient (Wildman–Crippen LogP) is 6.48. The van der Waals surface area contributed by atoms with Gasteiger partial charge >= 0.3 is 0 Å². The number of aromatic nitrogens is 1. The fourth-order valence-corrected chi connectivity index (χ4v) is 5.24. The normalized spacial score (nSPS) is 12.8. The molecule has 0 atom stereocenters. The Morgan fingerprint density at radius 1 is 0.917 bits per heavy atom. The summed E-state index contributed by atoms with van der Waals surface area (Å²) in [6, 6.07) is 17.6. The number of hydrogen-bond acceptors (Lipinski definition) is 2. The molecule has 0 bridgehead atoms. The molecule has 3 heteroatoms. The van der Waals surface area contributed by atoms with Crippen LogP contribution in [0.4, 0.5) is 0 Å². The Labute approximate surface area is 148 Å². The Bertz CT molecular complexity index is 1040. The van der Waals surface area contributed by atoms with E-state index in [1.165, 1.54) is 36.2 Å². The second-order valence-electron chi connectivity index (χ2n) is 6.95. The van der Waals surface area contributed by atoms with Gasteiger partial charge in [-0.15, -0.1) is 11.3 Å². The van der Waals surface area contributed by atoms with Gasteiger partial charge < -0.3 is 0 Å². The van der Waals surface area contributed by atoms with Crippen molar-refractivity contribution >= 4 is 41.5 Å². The van der Waals surface area contributed by atoms with Crippen molar-refractivity contribution in [3.05, 3.63) is 60.3 Å². The molecule has 0 fully saturated rings. The molecule has 0 amide bonds. The number of pyridine rings is 1. The van der Waals surface area contributed by atoms with E-state index in [2.05, 4.69) is 80.4 Å². The minimum absolute atomic E-state index is 0.731. The highest BCUT2D eigenvalue weighted by atomic mass is 32.3. The Morgan fingerprint density at radius 3 is 2.42 bits per heavy atom. The van der Waals surface area contributed by atoms with Crippen molar-refractivity contribution in [3.63, 3.8) is 0 Å². The Hall–Kier alpha value is -1.84. The topological polar surface area (TPSA) is 12.9 Å². The van der Waals surface area contributed by atoms with Crippen LogP contribution in [0.2, 0.25) is 0 Å². The molecule has 0 saturated carbocycles. The highest BCUT2D eigenvalue weighted by Crippen LogP contribution is 2.45. The van der Waals surface area contributed by atoms with E-state index in [0.29, 0.717) is 0 Å². The quantitative estimate of drug-likeness (QED) is 0.403. The van der Waals surface area contributed by atoms with E-state index in [1.807, 2.05) is 11.3 Å². The van der Waals surface area contributed by atoms with Gasteiger partial charge in [-0.1, -0.05) is 30.3 Å². The molecule has 1 nitrogen and oxygen atoms in total. The highest BCUT2D eigenvalue weighted by molar-refractivity contribution is 8.32. The maximum Gasteiger partial charge on any atom is 0.0717 e. The third kappa shape index (κ3) is 2.52. The lowest BCUT2D eigenvalue weighted by atomic mass is 10.0. The lowest BCUT2D eigenvalue weighted by Crippen LogP contribution is -1.94. The molecule has 24 heavy (non-hydrogen) atoms. The molecule has 4 rings (SSSR count).